The lowest BCUT2D eigenvalue weighted by molar-refractivity contribution is 0.0702. The van der Waals surface area contributed by atoms with Crippen molar-refractivity contribution in [3.8, 4) is 11.3 Å². The van der Waals surface area contributed by atoms with Crippen molar-refractivity contribution in [2.24, 2.45) is 0 Å². The highest BCUT2D eigenvalue weighted by atomic mass is 16.5. The fraction of sp³-hybridized carbons (Fsp3) is 0.464. The Morgan fingerprint density at radius 1 is 1.03 bits per heavy atom. The average Bonchev–Trinajstić information content (AvgIpc) is 3.03. The van der Waals surface area contributed by atoms with Crippen molar-refractivity contribution < 1.29 is 4.74 Å². The first-order valence-electron chi connectivity index (χ1n) is 11.9. The number of hydrogen-bond acceptors (Lipinski definition) is 3. The molecule has 0 saturated carbocycles. The van der Waals surface area contributed by atoms with Crippen molar-refractivity contribution in [3.05, 3.63) is 75.5 Å². The van der Waals surface area contributed by atoms with Crippen LogP contribution in [0.25, 0.3) is 11.3 Å². The highest BCUT2D eigenvalue weighted by Gasteiger charge is 2.28. The molecule has 0 saturated heterocycles. The van der Waals surface area contributed by atoms with Gasteiger partial charge in [0.2, 0.25) is 0 Å². The SMILES string of the molecule is CCCn1nc(-c2c(C)cc(C)cc2C)c(C)c1CN1Cc2ccccc2CC1COC. The smallest absolute Gasteiger partial charge is 0.0961 e. The van der Waals surface area contributed by atoms with Gasteiger partial charge < -0.3 is 4.74 Å². The predicted octanol–water partition coefficient (Wildman–Crippen LogP) is 5.77. The summed E-state index contributed by atoms with van der Waals surface area (Å²) < 4.78 is 7.88. The Bertz CT molecular complexity index is 1080. The van der Waals surface area contributed by atoms with E-state index in [-0.39, 0.29) is 0 Å². The van der Waals surface area contributed by atoms with Gasteiger partial charge in [0.1, 0.15) is 0 Å². The zero-order valence-corrected chi connectivity index (χ0v) is 20.5. The normalized spacial score (nSPS) is 16.4. The van der Waals surface area contributed by atoms with Crippen LogP contribution in [-0.2, 0) is 30.8 Å². The molecule has 0 spiro atoms. The predicted molar refractivity (Wildman–Crippen MR) is 132 cm³/mol. The van der Waals surface area contributed by atoms with E-state index in [4.69, 9.17) is 9.84 Å². The van der Waals surface area contributed by atoms with E-state index in [1.807, 2.05) is 7.11 Å². The fourth-order valence-corrected chi connectivity index (χ4v) is 5.35. The minimum Gasteiger partial charge on any atom is -0.383 e. The molecule has 1 atom stereocenters. The molecular formula is C28H37N3O. The third-order valence-electron chi connectivity index (χ3n) is 6.85. The highest BCUT2D eigenvalue weighted by Crippen LogP contribution is 2.33. The molecule has 0 fully saturated rings. The van der Waals surface area contributed by atoms with Crippen LogP contribution in [0.2, 0.25) is 0 Å². The molecule has 32 heavy (non-hydrogen) atoms. The van der Waals surface area contributed by atoms with Crippen molar-refractivity contribution in [1.82, 2.24) is 14.7 Å². The molecule has 3 aromatic rings. The summed E-state index contributed by atoms with van der Waals surface area (Å²) >= 11 is 0. The van der Waals surface area contributed by atoms with Gasteiger partial charge in [0.05, 0.1) is 18.0 Å². The first kappa shape index (κ1) is 22.8. The van der Waals surface area contributed by atoms with E-state index < -0.39 is 0 Å². The summed E-state index contributed by atoms with van der Waals surface area (Å²) in [6.45, 7) is 14.6. The Labute approximate surface area is 193 Å². The van der Waals surface area contributed by atoms with E-state index in [0.29, 0.717) is 6.04 Å². The van der Waals surface area contributed by atoms with Crippen molar-refractivity contribution in [2.75, 3.05) is 13.7 Å². The van der Waals surface area contributed by atoms with Crippen LogP contribution in [0, 0.1) is 27.7 Å². The zero-order valence-electron chi connectivity index (χ0n) is 20.5. The fourth-order valence-electron chi connectivity index (χ4n) is 5.35. The summed E-state index contributed by atoms with van der Waals surface area (Å²) in [5.74, 6) is 0. The second kappa shape index (κ2) is 9.60. The summed E-state index contributed by atoms with van der Waals surface area (Å²) in [5.41, 5.74) is 11.9. The quantitative estimate of drug-likeness (QED) is 0.476. The average molecular weight is 432 g/mol. The minimum absolute atomic E-state index is 0.380. The van der Waals surface area contributed by atoms with E-state index in [9.17, 15) is 0 Å². The Kier molecular flexibility index (Phi) is 6.82. The van der Waals surface area contributed by atoms with Gasteiger partial charge in [-0.1, -0.05) is 48.9 Å². The second-order valence-corrected chi connectivity index (χ2v) is 9.40. The Morgan fingerprint density at radius 3 is 2.38 bits per heavy atom. The minimum atomic E-state index is 0.380. The lowest BCUT2D eigenvalue weighted by Gasteiger charge is -2.36. The highest BCUT2D eigenvalue weighted by molar-refractivity contribution is 5.71. The van der Waals surface area contributed by atoms with Gasteiger partial charge in [0, 0.05) is 38.3 Å². The Morgan fingerprint density at radius 2 is 1.72 bits per heavy atom. The molecule has 0 bridgehead atoms. The van der Waals surface area contributed by atoms with Crippen LogP contribution in [0.4, 0.5) is 0 Å². The number of aryl methyl sites for hydroxylation is 4. The summed E-state index contributed by atoms with van der Waals surface area (Å²) in [5, 5.41) is 5.16. The number of nitrogens with zero attached hydrogens (tertiary/aromatic N) is 3. The first-order chi connectivity index (χ1) is 15.4. The third-order valence-corrected chi connectivity index (χ3v) is 6.85. The molecule has 4 nitrogen and oxygen atoms in total. The molecule has 0 amide bonds. The summed E-state index contributed by atoms with van der Waals surface area (Å²) in [4.78, 5) is 2.58. The van der Waals surface area contributed by atoms with Crippen LogP contribution < -0.4 is 0 Å². The van der Waals surface area contributed by atoms with Gasteiger partial charge in [-0.25, -0.2) is 0 Å². The molecule has 2 aromatic carbocycles. The molecule has 2 heterocycles. The van der Waals surface area contributed by atoms with Gasteiger partial charge in [-0.2, -0.15) is 5.10 Å². The first-order valence-corrected chi connectivity index (χ1v) is 11.9. The van der Waals surface area contributed by atoms with Gasteiger partial charge in [-0.3, -0.25) is 9.58 Å². The largest absolute Gasteiger partial charge is 0.383 e. The maximum Gasteiger partial charge on any atom is 0.0961 e. The van der Waals surface area contributed by atoms with Gasteiger partial charge in [-0.15, -0.1) is 0 Å². The Balaban J connectivity index is 1.73. The maximum absolute atomic E-state index is 5.63. The maximum atomic E-state index is 5.63. The van der Waals surface area contributed by atoms with Gasteiger partial charge in [0.15, 0.2) is 0 Å². The van der Waals surface area contributed by atoms with Crippen LogP contribution in [0.15, 0.2) is 36.4 Å². The van der Waals surface area contributed by atoms with E-state index in [0.717, 1.165) is 44.8 Å². The summed E-state index contributed by atoms with van der Waals surface area (Å²) in [6.07, 6.45) is 2.11. The van der Waals surface area contributed by atoms with Crippen LogP contribution in [0.1, 0.15) is 52.4 Å². The van der Waals surface area contributed by atoms with Crippen molar-refractivity contribution in [1.29, 1.82) is 0 Å². The topological polar surface area (TPSA) is 30.3 Å². The van der Waals surface area contributed by atoms with Gasteiger partial charge in [-0.05, 0) is 68.4 Å². The number of ether oxygens (including phenoxy) is 1. The van der Waals surface area contributed by atoms with E-state index >= 15 is 0 Å². The van der Waals surface area contributed by atoms with Crippen molar-refractivity contribution in [3.63, 3.8) is 0 Å². The number of benzene rings is 2. The molecule has 0 N–H and O–H groups in total. The molecule has 1 aromatic heterocycles. The number of hydrogen-bond donors (Lipinski definition) is 0. The number of methoxy groups -OCH3 is 1. The van der Waals surface area contributed by atoms with E-state index in [2.05, 4.69) is 80.6 Å². The lowest BCUT2D eigenvalue weighted by Crippen LogP contribution is -2.43. The zero-order chi connectivity index (χ0) is 22.8. The number of rotatable bonds is 7. The monoisotopic (exact) mass is 431 g/mol. The summed E-state index contributed by atoms with van der Waals surface area (Å²) in [6, 6.07) is 13.8. The molecule has 1 aliphatic rings. The van der Waals surface area contributed by atoms with Gasteiger partial charge >= 0.3 is 0 Å². The second-order valence-electron chi connectivity index (χ2n) is 9.40. The van der Waals surface area contributed by atoms with Gasteiger partial charge in [0.25, 0.3) is 0 Å². The molecule has 170 valence electrons. The van der Waals surface area contributed by atoms with Crippen molar-refractivity contribution in [2.45, 2.75) is 73.1 Å². The molecule has 4 rings (SSSR count). The van der Waals surface area contributed by atoms with E-state index in [1.165, 1.54) is 44.6 Å². The van der Waals surface area contributed by atoms with Crippen LogP contribution in [0.5, 0.6) is 0 Å². The van der Waals surface area contributed by atoms with Crippen LogP contribution in [0.3, 0.4) is 0 Å². The molecule has 1 unspecified atom stereocenters. The Hall–Kier alpha value is -2.43. The standard InChI is InChI=1S/C28H37N3O/c1-7-12-31-26(22(5)28(29-31)27-20(3)13-19(2)14-21(27)4)17-30-16-24-11-9-8-10-23(24)15-25(30)18-32-6/h8-11,13-14,25H,7,12,15-18H2,1-6H3. The summed E-state index contributed by atoms with van der Waals surface area (Å²) in [7, 11) is 1.81. The molecule has 4 heteroatoms. The van der Waals surface area contributed by atoms with E-state index in [1.54, 1.807) is 0 Å². The molecule has 0 radical (unpaired) electrons. The van der Waals surface area contributed by atoms with Crippen LogP contribution in [-0.4, -0.2) is 34.4 Å². The molecule has 1 aliphatic heterocycles. The number of fused-ring (bicyclic) bond motifs is 1. The third kappa shape index (κ3) is 4.39. The lowest BCUT2D eigenvalue weighted by atomic mass is 9.93. The molecular weight excluding hydrogens is 394 g/mol. The molecule has 0 aliphatic carbocycles. The number of aromatic nitrogens is 2. The van der Waals surface area contributed by atoms with Crippen molar-refractivity contribution >= 4 is 0 Å². The van der Waals surface area contributed by atoms with Crippen LogP contribution >= 0.6 is 0 Å².